The summed E-state index contributed by atoms with van der Waals surface area (Å²) < 4.78 is 18.8. The van der Waals surface area contributed by atoms with Crippen LogP contribution in [-0.4, -0.2) is 16.8 Å². The van der Waals surface area contributed by atoms with Gasteiger partial charge in [0.1, 0.15) is 0 Å². The maximum Gasteiger partial charge on any atom is 0.297 e. The number of halogens is 3. The molecule has 1 aromatic rings. The third-order valence-corrected chi connectivity index (χ3v) is 2.20. The van der Waals surface area contributed by atoms with Crippen molar-refractivity contribution in [3.05, 3.63) is 29.0 Å². The minimum atomic E-state index is -0.668. The Morgan fingerprint density at radius 2 is 2.22 bits per heavy atom. The Bertz CT molecular complexity index is 479. The zero-order valence-corrected chi connectivity index (χ0v) is 12.1. The van der Waals surface area contributed by atoms with Gasteiger partial charge in [-0.15, -0.1) is 0 Å². The molecule has 18 heavy (non-hydrogen) atoms. The number of benzene rings is 1. The molecule has 0 aromatic heterocycles. The first kappa shape index (κ1) is 14.9. The maximum absolute atomic E-state index is 13.6. The second kappa shape index (κ2) is 6.70. The van der Waals surface area contributed by atoms with Gasteiger partial charge in [-0.1, -0.05) is 17.7 Å². The molecule has 0 heterocycles. The summed E-state index contributed by atoms with van der Waals surface area (Å²) in [4.78, 5) is 3.76. The first-order chi connectivity index (χ1) is 8.40. The van der Waals surface area contributed by atoms with Crippen molar-refractivity contribution in [2.24, 2.45) is 4.99 Å². The van der Waals surface area contributed by atoms with E-state index in [0.717, 1.165) is 0 Å². The molecule has 0 aliphatic heterocycles. The number of rotatable bonds is 2. The van der Waals surface area contributed by atoms with Crippen LogP contribution in [0.15, 0.2) is 23.2 Å². The van der Waals surface area contributed by atoms with Crippen LogP contribution >= 0.6 is 27.5 Å². The summed E-state index contributed by atoms with van der Waals surface area (Å²) in [5, 5.41) is 10.0. The molecular formula is C11H12BrClFN3O. The standard InChI is InChI=1S/C11H12BrClFN3O/c1-6(2)16-11(17-10(12)15)18-8-5-3-4-7(13)9(8)14/h3-6H,1-2H3,(H2,15,16,17). The number of amidine groups is 2. The molecule has 98 valence electrons. The fourth-order valence-electron chi connectivity index (χ4n) is 1.09. The molecule has 1 aromatic carbocycles. The summed E-state index contributed by atoms with van der Waals surface area (Å²) >= 11 is 8.51. The van der Waals surface area contributed by atoms with Crippen molar-refractivity contribution < 1.29 is 9.13 Å². The van der Waals surface area contributed by atoms with Crippen molar-refractivity contribution in [3.8, 4) is 5.75 Å². The summed E-state index contributed by atoms with van der Waals surface area (Å²) in [5.74, 6) is -0.721. The van der Waals surface area contributed by atoms with Gasteiger partial charge < -0.3 is 10.1 Å². The summed E-state index contributed by atoms with van der Waals surface area (Å²) in [6.07, 6.45) is 0. The van der Waals surface area contributed by atoms with Crippen molar-refractivity contribution >= 4 is 38.3 Å². The molecule has 0 fully saturated rings. The van der Waals surface area contributed by atoms with Gasteiger partial charge in [-0.25, -0.2) is 4.39 Å². The molecule has 0 unspecified atom stereocenters. The van der Waals surface area contributed by atoms with Gasteiger partial charge in [0.15, 0.2) is 16.3 Å². The second-order valence-electron chi connectivity index (χ2n) is 3.66. The van der Waals surface area contributed by atoms with Gasteiger partial charge in [0.25, 0.3) is 6.02 Å². The van der Waals surface area contributed by atoms with E-state index < -0.39 is 5.82 Å². The van der Waals surface area contributed by atoms with Gasteiger partial charge in [0.2, 0.25) is 0 Å². The average Bonchev–Trinajstić information content (AvgIpc) is 2.23. The van der Waals surface area contributed by atoms with Gasteiger partial charge >= 0.3 is 0 Å². The van der Waals surface area contributed by atoms with Gasteiger partial charge in [-0.2, -0.15) is 4.99 Å². The summed E-state index contributed by atoms with van der Waals surface area (Å²) in [6, 6.07) is 4.46. The molecule has 7 heteroatoms. The number of hydrogen-bond acceptors (Lipinski definition) is 2. The van der Waals surface area contributed by atoms with E-state index in [1.807, 2.05) is 13.8 Å². The maximum atomic E-state index is 13.6. The normalized spacial score (nSPS) is 11.6. The highest BCUT2D eigenvalue weighted by molar-refractivity contribution is 9.18. The highest BCUT2D eigenvalue weighted by Crippen LogP contribution is 2.24. The Morgan fingerprint density at radius 1 is 1.56 bits per heavy atom. The molecule has 0 atom stereocenters. The van der Waals surface area contributed by atoms with Crippen LogP contribution in [0.4, 0.5) is 4.39 Å². The lowest BCUT2D eigenvalue weighted by molar-refractivity contribution is 0.462. The average molecular weight is 337 g/mol. The van der Waals surface area contributed by atoms with Crippen LogP contribution in [0, 0.1) is 11.2 Å². The molecule has 4 nitrogen and oxygen atoms in total. The fraction of sp³-hybridized carbons (Fsp3) is 0.273. The predicted molar refractivity (Wildman–Crippen MR) is 74.4 cm³/mol. The summed E-state index contributed by atoms with van der Waals surface area (Å²) in [5.41, 5.74) is 0. The zero-order valence-electron chi connectivity index (χ0n) is 9.80. The van der Waals surface area contributed by atoms with Crippen molar-refractivity contribution in [2.45, 2.75) is 19.9 Å². The SMILES string of the molecule is CC(C)N/C(=N\C(=N)Br)Oc1cccc(Cl)c1F. The van der Waals surface area contributed by atoms with Gasteiger partial charge in [0, 0.05) is 6.04 Å². The van der Waals surface area contributed by atoms with E-state index in [1.165, 1.54) is 12.1 Å². The Kier molecular flexibility index (Phi) is 5.55. The molecule has 0 radical (unpaired) electrons. The third-order valence-electron chi connectivity index (χ3n) is 1.73. The molecule has 0 amide bonds. The van der Waals surface area contributed by atoms with Crippen LogP contribution in [0.5, 0.6) is 5.75 Å². The van der Waals surface area contributed by atoms with Crippen LogP contribution in [-0.2, 0) is 0 Å². The van der Waals surface area contributed by atoms with E-state index in [9.17, 15) is 4.39 Å². The van der Waals surface area contributed by atoms with E-state index in [-0.39, 0.29) is 27.6 Å². The van der Waals surface area contributed by atoms with Gasteiger partial charge in [0.05, 0.1) is 5.02 Å². The quantitative estimate of drug-likeness (QED) is 0.493. The highest BCUT2D eigenvalue weighted by Gasteiger charge is 2.12. The Morgan fingerprint density at radius 3 is 2.78 bits per heavy atom. The lowest BCUT2D eigenvalue weighted by Crippen LogP contribution is -2.35. The van der Waals surface area contributed by atoms with Crippen LogP contribution in [0.3, 0.4) is 0 Å². The Labute approximate surface area is 118 Å². The molecule has 0 aliphatic rings. The largest absolute Gasteiger partial charge is 0.423 e. The molecule has 2 N–H and O–H groups in total. The van der Waals surface area contributed by atoms with Crippen molar-refractivity contribution in [2.75, 3.05) is 0 Å². The lowest BCUT2D eigenvalue weighted by Gasteiger charge is -2.13. The monoisotopic (exact) mass is 335 g/mol. The summed E-state index contributed by atoms with van der Waals surface area (Å²) in [7, 11) is 0. The van der Waals surface area contributed by atoms with Crippen LogP contribution < -0.4 is 10.1 Å². The molecule has 0 saturated heterocycles. The first-order valence-electron chi connectivity index (χ1n) is 5.11. The fourth-order valence-corrected chi connectivity index (χ4v) is 1.41. The van der Waals surface area contributed by atoms with Crippen LogP contribution in [0.25, 0.3) is 0 Å². The predicted octanol–water partition coefficient (Wildman–Crippen LogP) is 3.54. The molecule has 0 bridgehead atoms. The van der Waals surface area contributed by atoms with Gasteiger partial charge in [-0.05, 0) is 41.9 Å². The molecular weight excluding hydrogens is 324 g/mol. The topological polar surface area (TPSA) is 57.5 Å². The number of nitrogens with one attached hydrogen (secondary N) is 2. The smallest absolute Gasteiger partial charge is 0.297 e. The second-order valence-corrected chi connectivity index (χ2v) is 4.82. The van der Waals surface area contributed by atoms with Crippen LogP contribution in [0.1, 0.15) is 13.8 Å². The van der Waals surface area contributed by atoms with Gasteiger partial charge in [-0.3, -0.25) is 5.41 Å². The van der Waals surface area contributed by atoms with E-state index in [1.54, 1.807) is 6.07 Å². The number of hydrogen-bond donors (Lipinski definition) is 2. The number of nitrogens with zero attached hydrogens (tertiary/aromatic N) is 1. The van der Waals surface area contributed by atoms with E-state index in [0.29, 0.717) is 0 Å². The minimum Gasteiger partial charge on any atom is -0.423 e. The first-order valence-corrected chi connectivity index (χ1v) is 6.28. The van der Waals surface area contributed by atoms with Crippen molar-refractivity contribution in [1.29, 1.82) is 5.41 Å². The zero-order chi connectivity index (χ0) is 13.7. The van der Waals surface area contributed by atoms with Crippen molar-refractivity contribution in [3.63, 3.8) is 0 Å². The molecule has 0 aliphatic carbocycles. The third kappa shape index (κ3) is 4.62. The number of ether oxygens (including phenoxy) is 1. The van der Waals surface area contributed by atoms with E-state index in [2.05, 4.69) is 26.2 Å². The number of aliphatic imine (C=N–C) groups is 1. The van der Waals surface area contributed by atoms with E-state index in [4.69, 9.17) is 21.7 Å². The molecule has 0 spiro atoms. The highest BCUT2D eigenvalue weighted by atomic mass is 79.9. The molecule has 1 rings (SSSR count). The van der Waals surface area contributed by atoms with Crippen LogP contribution in [0.2, 0.25) is 5.02 Å². The summed E-state index contributed by atoms with van der Waals surface area (Å²) in [6.45, 7) is 3.73. The minimum absolute atomic E-state index is 0.0213. The van der Waals surface area contributed by atoms with E-state index >= 15 is 0 Å². The molecule has 0 saturated carbocycles. The van der Waals surface area contributed by atoms with Crippen molar-refractivity contribution in [1.82, 2.24) is 5.32 Å². The Balaban J connectivity index is 2.96. The Hall–Kier alpha value is -1.14. The lowest BCUT2D eigenvalue weighted by atomic mass is 10.3.